The first kappa shape index (κ1) is 8.22. The van der Waals surface area contributed by atoms with Crippen LogP contribution in [0.4, 0.5) is 8.78 Å². The lowest BCUT2D eigenvalue weighted by molar-refractivity contribution is 0.577. The first-order valence-corrected chi connectivity index (χ1v) is 3.55. The lowest BCUT2D eigenvalue weighted by Crippen LogP contribution is -1.86. The maximum absolute atomic E-state index is 12.6. The minimum atomic E-state index is -0.715. The summed E-state index contributed by atoms with van der Waals surface area (Å²) in [6, 6.07) is 1.98. The van der Waals surface area contributed by atoms with Crippen molar-refractivity contribution in [3.05, 3.63) is 33.8 Å². The van der Waals surface area contributed by atoms with Crippen LogP contribution in [0.25, 0.3) is 0 Å². The predicted octanol–water partition coefficient (Wildman–Crippen LogP) is 2.71. The molecule has 1 rings (SSSR count). The van der Waals surface area contributed by atoms with E-state index in [1.807, 2.05) is 0 Å². The average molecular weight is 217 g/mol. The molecule has 0 bridgehead atoms. The summed E-state index contributed by atoms with van der Waals surface area (Å²) in [4.78, 5) is 0. The van der Waals surface area contributed by atoms with Gasteiger partial charge in [0.2, 0.25) is 0 Å². The van der Waals surface area contributed by atoms with Crippen molar-refractivity contribution in [2.45, 2.75) is 0 Å². The van der Waals surface area contributed by atoms with Gasteiger partial charge in [0.05, 0.1) is 10.0 Å². The standard InChI is InChI=1S/C8H3BrF2/c1-2-5-3-6(9)8(11)4-7(5)10/h1,3-4H. The zero-order valence-corrected chi connectivity index (χ0v) is 6.95. The zero-order valence-electron chi connectivity index (χ0n) is 5.37. The lowest BCUT2D eigenvalue weighted by atomic mass is 10.2. The summed E-state index contributed by atoms with van der Waals surface area (Å²) in [6.45, 7) is 0. The van der Waals surface area contributed by atoms with Crippen molar-refractivity contribution < 1.29 is 8.78 Å². The molecule has 0 N–H and O–H groups in total. The highest BCUT2D eigenvalue weighted by molar-refractivity contribution is 9.10. The highest BCUT2D eigenvalue weighted by Crippen LogP contribution is 2.18. The summed E-state index contributed by atoms with van der Waals surface area (Å²) in [6.07, 6.45) is 4.94. The fourth-order valence-corrected chi connectivity index (χ4v) is 0.977. The SMILES string of the molecule is C#Cc1cc(Br)c(F)cc1F. The van der Waals surface area contributed by atoms with E-state index in [0.29, 0.717) is 0 Å². The molecule has 1 aromatic rings. The van der Waals surface area contributed by atoms with Crippen molar-refractivity contribution in [2.24, 2.45) is 0 Å². The summed E-state index contributed by atoms with van der Waals surface area (Å²) in [5, 5.41) is 0. The molecule has 1 aromatic carbocycles. The van der Waals surface area contributed by atoms with Crippen molar-refractivity contribution in [3.8, 4) is 12.3 Å². The Kier molecular flexibility index (Phi) is 2.25. The van der Waals surface area contributed by atoms with E-state index in [4.69, 9.17) is 6.42 Å². The van der Waals surface area contributed by atoms with Crippen LogP contribution < -0.4 is 0 Å². The first-order valence-electron chi connectivity index (χ1n) is 2.76. The second kappa shape index (κ2) is 3.02. The number of hydrogen-bond acceptors (Lipinski definition) is 0. The average Bonchev–Trinajstić information content (AvgIpc) is 1.97. The molecule has 0 aliphatic carbocycles. The van der Waals surface area contributed by atoms with Gasteiger partial charge in [0, 0.05) is 6.07 Å². The van der Waals surface area contributed by atoms with Crippen LogP contribution in [0.15, 0.2) is 16.6 Å². The van der Waals surface area contributed by atoms with Crippen LogP contribution in [0.2, 0.25) is 0 Å². The molecule has 0 saturated heterocycles. The highest BCUT2D eigenvalue weighted by Gasteiger charge is 2.04. The third kappa shape index (κ3) is 1.58. The van der Waals surface area contributed by atoms with E-state index >= 15 is 0 Å². The Bertz CT molecular complexity index is 326. The van der Waals surface area contributed by atoms with Crippen molar-refractivity contribution >= 4 is 15.9 Å². The molecule has 0 nitrogen and oxygen atoms in total. The Morgan fingerprint density at radius 2 is 1.91 bits per heavy atom. The topological polar surface area (TPSA) is 0 Å². The number of hydrogen-bond donors (Lipinski definition) is 0. The van der Waals surface area contributed by atoms with Crippen molar-refractivity contribution in [1.29, 1.82) is 0 Å². The van der Waals surface area contributed by atoms with Crippen molar-refractivity contribution in [1.82, 2.24) is 0 Å². The van der Waals surface area contributed by atoms with Crippen LogP contribution in [-0.4, -0.2) is 0 Å². The Morgan fingerprint density at radius 3 is 2.45 bits per heavy atom. The molecular formula is C8H3BrF2. The molecule has 0 aliphatic rings. The van der Waals surface area contributed by atoms with Gasteiger partial charge in [-0.15, -0.1) is 6.42 Å². The molecule has 0 spiro atoms. The van der Waals surface area contributed by atoms with Gasteiger partial charge in [-0.1, -0.05) is 5.92 Å². The first-order chi connectivity index (χ1) is 5.15. The molecule has 0 saturated carbocycles. The van der Waals surface area contributed by atoms with Gasteiger partial charge >= 0.3 is 0 Å². The molecule has 56 valence electrons. The lowest BCUT2D eigenvalue weighted by Gasteiger charge is -1.96. The second-order valence-electron chi connectivity index (χ2n) is 1.89. The van der Waals surface area contributed by atoms with E-state index in [9.17, 15) is 8.78 Å². The fourth-order valence-electron chi connectivity index (χ4n) is 0.633. The van der Waals surface area contributed by atoms with E-state index < -0.39 is 11.6 Å². The summed E-state index contributed by atoms with van der Waals surface area (Å²) < 4.78 is 25.3. The highest BCUT2D eigenvalue weighted by atomic mass is 79.9. The minimum absolute atomic E-state index is 0.0540. The van der Waals surface area contributed by atoms with Crippen molar-refractivity contribution in [2.75, 3.05) is 0 Å². The fraction of sp³-hybridized carbons (Fsp3) is 0. The minimum Gasteiger partial charge on any atom is -0.206 e. The van der Waals surface area contributed by atoms with Gasteiger partial charge in [-0.25, -0.2) is 8.78 Å². The van der Waals surface area contributed by atoms with Crippen LogP contribution in [0, 0.1) is 24.0 Å². The van der Waals surface area contributed by atoms with E-state index in [2.05, 4.69) is 21.9 Å². The smallest absolute Gasteiger partial charge is 0.141 e. The zero-order chi connectivity index (χ0) is 8.43. The van der Waals surface area contributed by atoms with Crippen molar-refractivity contribution in [3.63, 3.8) is 0 Å². The van der Waals surface area contributed by atoms with E-state index in [1.165, 1.54) is 6.07 Å². The summed E-state index contributed by atoms with van der Waals surface area (Å²) in [7, 11) is 0. The van der Waals surface area contributed by atoms with E-state index in [0.717, 1.165) is 6.07 Å². The molecule has 0 heterocycles. The number of halogens is 3. The normalized spacial score (nSPS) is 9.27. The van der Waals surface area contributed by atoms with Gasteiger partial charge in [0.25, 0.3) is 0 Å². The van der Waals surface area contributed by atoms with Crippen LogP contribution in [0.5, 0.6) is 0 Å². The van der Waals surface area contributed by atoms with Crippen LogP contribution in [0.3, 0.4) is 0 Å². The van der Waals surface area contributed by atoms with Crippen LogP contribution >= 0.6 is 15.9 Å². The molecule has 0 radical (unpaired) electrons. The quantitative estimate of drug-likeness (QED) is 0.463. The largest absolute Gasteiger partial charge is 0.206 e. The summed E-state index contributed by atoms with van der Waals surface area (Å²) in [5.41, 5.74) is 0.0540. The molecular weight excluding hydrogens is 214 g/mol. The van der Waals surface area contributed by atoms with Gasteiger partial charge in [0.15, 0.2) is 0 Å². The molecule has 0 fully saturated rings. The molecule has 11 heavy (non-hydrogen) atoms. The third-order valence-corrected chi connectivity index (χ3v) is 1.77. The third-order valence-electron chi connectivity index (χ3n) is 1.17. The van der Waals surface area contributed by atoms with Gasteiger partial charge < -0.3 is 0 Å². The van der Waals surface area contributed by atoms with E-state index in [1.54, 1.807) is 0 Å². The Hall–Kier alpha value is -0.880. The van der Waals surface area contributed by atoms with Gasteiger partial charge in [-0.2, -0.15) is 0 Å². The summed E-state index contributed by atoms with van der Waals surface area (Å²) >= 11 is 2.88. The van der Waals surface area contributed by atoms with Gasteiger partial charge in [-0.05, 0) is 22.0 Å². The molecule has 3 heteroatoms. The number of terminal acetylenes is 1. The van der Waals surface area contributed by atoms with Crippen LogP contribution in [0.1, 0.15) is 5.56 Å². The van der Waals surface area contributed by atoms with Gasteiger partial charge in [0.1, 0.15) is 11.6 Å². The number of rotatable bonds is 0. The number of benzene rings is 1. The molecule has 0 unspecified atom stereocenters. The molecule has 0 aliphatic heterocycles. The Labute approximate surface area is 71.4 Å². The molecule has 0 amide bonds. The maximum atomic E-state index is 12.6. The molecule has 0 aromatic heterocycles. The maximum Gasteiger partial charge on any atom is 0.141 e. The Morgan fingerprint density at radius 1 is 1.27 bits per heavy atom. The monoisotopic (exact) mass is 216 g/mol. The summed E-state index contributed by atoms with van der Waals surface area (Å²) in [5.74, 6) is 0.726. The molecule has 0 atom stereocenters. The second-order valence-corrected chi connectivity index (χ2v) is 2.74. The van der Waals surface area contributed by atoms with E-state index in [-0.39, 0.29) is 10.0 Å². The van der Waals surface area contributed by atoms with Gasteiger partial charge in [-0.3, -0.25) is 0 Å². The Balaban J connectivity index is 3.35. The van der Waals surface area contributed by atoms with Crippen LogP contribution in [-0.2, 0) is 0 Å². The predicted molar refractivity (Wildman–Crippen MR) is 42.0 cm³/mol.